The molecule has 2 amide bonds. The van der Waals surface area contributed by atoms with Crippen LogP contribution >= 0.6 is 11.6 Å². The minimum atomic E-state index is -3.90. The highest BCUT2D eigenvalue weighted by Crippen LogP contribution is 2.36. The lowest BCUT2D eigenvalue weighted by Gasteiger charge is -2.34. The van der Waals surface area contributed by atoms with Gasteiger partial charge in [0.1, 0.15) is 12.6 Å². The van der Waals surface area contributed by atoms with E-state index in [2.05, 4.69) is 5.32 Å². The largest absolute Gasteiger partial charge is 0.454 e. The number of benzene rings is 3. The van der Waals surface area contributed by atoms with Gasteiger partial charge in [-0.2, -0.15) is 0 Å². The molecule has 0 saturated carbocycles. The second kappa shape index (κ2) is 13.9. The van der Waals surface area contributed by atoms with Gasteiger partial charge in [0.05, 0.1) is 11.4 Å². The van der Waals surface area contributed by atoms with Crippen molar-refractivity contribution in [2.24, 2.45) is 5.92 Å². The van der Waals surface area contributed by atoms with Crippen LogP contribution in [0.5, 0.6) is 11.5 Å². The summed E-state index contributed by atoms with van der Waals surface area (Å²) in [5.74, 6) is -0.0140. The highest BCUT2D eigenvalue weighted by atomic mass is 35.5. The Bertz CT molecular complexity index is 1500. The van der Waals surface area contributed by atoms with Gasteiger partial charge < -0.3 is 19.7 Å². The number of carbonyl (C=O) groups is 2. The molecule has 3 aromatic rings. The average molecular weight is 614 g/mol. The lowest BCUT2D eigenvalue weighted by Crippen LogP contribution is -2.53. The maximum atomic E-state index is 14.2. The fraction of sp³-hybridized carbons (Fsp3) is 0.355. The minimum Gasteiger partial charge on any atom is -0.454 e. The van der Waals surface area contributed by atoms with E-state index >= 15 is 0 Å². The lowest BCUT2D eigenvalue weighted by molar-refractivity contribution is -0.140. The Morgan fingerprint density at radius 3 is 2.36 bits per heavy atom. The van der Waals surface area contributed by atoms with Crippen LogP contribution in [0.3, 0.4) is 0 Å². The first kappa shape index (κ1) is 31.2. The molecule has 1 heterocycles. The number of fused-ring (bicyclic) bond motifs is 1. The molecule has 9 nitrogen and oxygen atoms in total. The van der Waals surface area contributed by atoms with E-state index in [4.69, 9.17) is 21.1 Å². The predicted molar refractivity (Wildman–Crippen MR) is 163 cm³/mol. The molecule has 42 heavy (non-hydrogen) atoms. The number of hydrogen-bond donors (Lipinski definition) is 1. The van der Waals surface area contributed by atoms with Gasteiger partial charge in [-0.1, -0.05) is 67.9 Å². The number of nitrogens with one attached hydrogen (secondary N) is 1. The van der Waals surface area contributed by atoms with Crippen molar-refractivity contribution < 1.29 is 27.5 Å². The number of ether oxygens (including phenoxy) is 2. The minimum absolute atomic E-state index is 0.0261. The quantitative estimate of drug-likeness (QED) is 0.301. The summed E-state index contributed by atoms with van der Waals surface area (Å²) >= 11 is 6.26. The molecule has 0 unspecified atom stereocenters. The van der Waals surface area contributed by atoms with Gasteiger partial charge in [0.25, 0.3) is 0 Å². The van der Waals surface area contributed by atoms with Crippen molar-refractivity contribution in [3.05, 3.63) is 88.9 Å². The number of rotatable bonds is 13. The molecule has 0 aromatic heterocycles. The molecule has 1 aliphatic rings. The number of sulfonamides is 1. The Labute approximate surface area is 252 Å². The van der Waals surface area contributed by atoms with Gasteiger partial charge in [-0.15, -0.1) is 0 Å². The maximum Gasteiger partial charge on any atom is 0.244 e. The third-order valence-corrected chi connectivity index (χ3v) is 8.80. The standard InChI is InChI=1S/C31H36ClN3O6S/c1-4-42(38,39)35(26-13-14-28-29(17-26)41-21-40-28)20-30(36)34(19-24-11-8-12-25(32)15-24)27(31(37)33-18-22(2)3)16-23-9-6-5-7-10-23/h5-15,17,22,27H,4,16,18-21H2,1-3H3,(H,33,37)/t27-/m1/s1. The predicted octanol–water partition coefficient (Wildman–Crippen LogP) is 4.64. The fourth-order valence-corrected chi connectivity index (χ4v) is 5.84. The van der Waals surface area contributed by atoms with Crippen LogP contribution in [-0.4, -0.2) is 56.8 Å². The van der Waals surface area contributed by atoms with Gasteiger partial charge >= 0.3 is 0 Å². The second-order valence-corrected chi connectivity index (χ2v) is 13.1. The number of nitrogens with zero attached hydrogens (tertiary/aromatic N) is 2. The van der Waals surface area contributed by atoms with E-state index in [1.165, 1.54) is 11.8 Å². The van der Waals surface area contributed by atoms with Crippen LogP contribution in [0.4, 0.5) is 5.69 Å². The first-order valence-corrected chi connectivity index (χ1v) is 15.8. The van der Waals surface area contributed by atoms with Crippen LogP contribution in [-0.2, 0) is 32.6 Å². The van der Waals surface area contributed by atoms with Crippen LogP contribution in [0.25, 0.3) is 0 Å². The topological polar surface area (TPSA) is 105 Å². The summed E-state index contributed by atoms with van der Waals surface area (Å²) in [4.78, 5) is 29.4. The zero-order chi connectivity index (χ0) is 30.3. The molecule has 4 rings (SSSR count). The second-order valence-electron chi connectivity index (χ2n) is 10.4. The molecule has 0 fully saturated rings. The SMILES string of the molecule is CCS(=O)(=O)N(CC(=O)N(Cc1cccc(Cl)c1)[C@H](Cc1ccccc1)C(=O)NCC(C)C)c1ccc2c(c1)OCO2. The van der Waals surface area contributed by atoms with E-state index in [1.807, 2.05) is 50.2 Å². The average Bonchev–Trinajstić information content (AvgIpc) is 3.45. The van der Waals surface area contributed by atoms with Crippen molar-refractivity contribution in [3.8, 4) is 11.5 Å². The molecular weight excluding hydrogens is 578 g/mol. The van der Waals surface area contributed by atoms with Crippen LogP contribution in [0.15, 0.2) is 72.8 Å². The van der Waals surface area contributed by atoms with Crippen LogP contribution < -0.4 is 19.1 Å². The molecule has 0 radical (unpaired) electrons. The fourth-order valence-electron chi connectivity index (χ4n) is 4.57. The van der Waals surface area contributed by atoms with Crippen LogP contribution in [0.2, 0.25) is 5.02 Å². The van der Waals surface area contributed by atoms with Gasteiger partial charge in [-0.25, -0.2) is 8.42 Å². The molecule has 1 aliphatic heterocycles. The zero-order valence-corrected chi connectivity index (χ0v) is 25.5. The van der Waals surface area contributed by atoms with Crippen molar-refractivity contribution in [3.63, 3.8) is 0 Å². The Morgan fingerprint density at radius 2 is 1.67 bits per heavy atom. The Hall–Kier alpha value is -3.76. The molecule has 224 valence electrons. The van der Waals surface area contributed by atoms with Crippen molar-refractivity contribution in [2.75, 3.05) is 29.9 Å². The summed E-state index contributed by atoms with van der Waals surface area (Å²) in [7, 11) is -3.90. The van der Waals surface area contributed by atoms with Gasteiger partial charge in [0.2, 0.25) is 28.6 Å². The van der Waals surface area contributed by atoms with Gasteiger partial charge in [-0.05, 0) is 48.2 Å². The number of halogens is 1. The molecular formula is C31H36ClN3O6S. The molecule has 1 atom stereocenters. The lowest BCUT2D eigenvalue weighted by atomic mass is 10.0. The summed E-state index contributed by atoms with van der Waals surface area (Å²) in [6, 6.07) is 20.3. The van der Waals surface area contributed by atoms with Gasteiger partial charge in [0, 0.05) is 30.6 Å². The normalized spacial score (nSPS) is 13.1. The van der Waals surface area contributed by atoms with Crippen molar-refractivity contribution >= 4 is 39.1 Å². The zero-order valence-electron chi connectivity index (χ0n) is 24.0. The highest BCUT2D eigenvalue weighted by Gasteiger charge is 2.34. The number of carbonyl (C=O) groups excluding carboxylic acids is 2. The first-order chi connectivity index (χ1) is 20.1. The van der Waals surface area contributed by atoms with Crippen LogP contribution in [0, 0.1) is 5.92 Å². The molecule has 0 bridgehead atoms. The van der Waals surface area contributed by atoms with E-state index in [9.17, 15) is 18.0 Å². The molecule has 0 saturated heterocycles. The van der Waals surface area contributed by atoms with E-state index in [0.717, 1.165) is 9.87 Å². The molecule has 3 aromatic carbocycles. The number of hydrogen-bond acceptors (Lipinski definition) is 6. The summed E-state index contributed by atoms with van der Waals surface area (Å²) in [5.41, 5.74) is 1.83. The molecule has 0 aliphatic carbocycles. The maximum absolute atomic E-state index is 14.2. The summed E-state index contributed by atoms with van der Waals surface area (Å²) in [6.07, 6.45) is 0.238. The third-order valence-electron chi connectivity index (χ3n) is 6.82. The highest BCUT2D eigenvalue weighted by molar-refractivity contribution is 7.92. The molecule has 0 spiro atoms. The van der Waals surface area contributed by atoms with Crippen molar-refractivity contribution in [1.82, 2.24) is 10.2 Å². The first-order valence-electron chi connectivity index (χ1n) is 13.8. The number of anilines is 1. The Balaban J connectivity index is 1.74. The van der Waals surface area contributed by atoms with Crippen LogP contribution in [0.1, 0.15) is 31.9 Å². The van der Waals surface area contributed by atoms with E-state index < -0.39 is 28.5 Å². The summed E-state index contributed by atoms with van der Waals surface area (Å²) in [5, 5.41) is 3.45. The van der Waals surface area contributed by atoms with Crippen molar-refractivity contribution in [2.45, 2.75) is 39.8 Å². The number of amides is 2. The van der Waals surface area contributed by atoms with E-state index in [-0.39, 0.29) is 43.0 Å². The van der Waals surface area contributed by atoms with E-state index in [0.29, 0.717) is 28.6 Å². The molecule has 1 N–H and O–H groups in total. The summed E-state index contributed by atoms with van der Waals surface area (Å²) in [6.45, 7) is 5.48. The van der Waals surface area contributed by atoms with Gasteiger partial charge in [-0.3, -0.25) is 13.9 Å². The Kier molecular flexibility index (Phi) is 10.3. The summed E-state index contributed by atoms with van der Waals surface area (Å²) < 4.78 is 38.5. The van der Waals surface area contributed by atoms with Gasteiger partial charge in [0.15, 0.2) is 11.5 Å². The van der Waals surface area contributed by atoms with Crippen molar-refractivity contribution in [1.29, 1.82) is 0 Å². The Morgan fingerprint density at radius 1 is 0.952 bits per heavy atom. The molecule has 11 heteroatoms. The smallest absolute Gasteiger partial charge is 0.244 e. The monoisotopic (exact) mass is 613 g/mol. The third kappa shape index (κ3) is 7.95. The van der Waals surface area contributed by atoms with E-state index in [1.54, 1.807) is 36.4 Å².